The van der Waals surface area contributed by atoms with Crippen LogP contribution in [-0.2, 0) is 4.74 Å². The second kappa shape index (κ2) is 6.20. The minimum Gasteiger partial charge on any atom is -0.379 e. The Morgan fingerprint density at radius 1 is 1.56 bits per heavy atom. The summed E-state index contributed by atoms with van der Waals surface area (Å²) < 4.78 is 6.23. The molecule has 1 aromatic carbocycles. The molecule has 1 aromatic rings. The number of hydrogen-bond acceptors (Lipinski definition) is 2. The van der Waals surface area contributed by atoms with Crippen LogP contribution in [-0.4, -0.2) is 25.3 Å². The van der Waals surface area contributed by atoms with Crippen LogP contribution in [0.1, 0.15) is 24.9 Å². The summed E-state index contributed by atoms with van der Waals surface area (Å²) in [6.45, 7) is 3.30. The number of urea groups is 1. The number of rotatable bonds is 3. The lowest BCUT2D eigenvalue weighted by molar-refractivity contribution is 0.188. The lowest BCUT2D eigenvalue weighted by atomic mass is 10.1. The van der Waals surface area contributed by atoms with Gasteiger partial charge in [0.1, 0.15) is 0 Å². The van der Waals surface area contributed by atoms with Crippen molar-refractivity contribution in [3.05, 3.63) is 34.3 Å². The maximum atomic E-state index is 11.8. The molecular formula is C13H17BrN2O2. The van der Waals surface area contributed by atoms with Crippen LogP contribution < -0.4 is 10.6 Å². The summed E-state index contributed by atoms with van der Waals surface area (Å²) >= 11 is 3.42. The molecule has 2 rings (SSSR count). The first-order valence-electron chi connectivity index (χ1n) is 6.05. The molecule has 1 saturated heterocycles. The highest BCUT2D eigenvalue weighted by atomic mass is 79.9. The van der Waals surface area contributed by atoms with Crippen molar-refractivity contribution < 1.29 is 9.53 Å². The van der Waals surface area contributed by atoms with Crippen molar-refractivity contribution >= 4 is 22.0 Å². The van der Waals surface area contributed by atoms with Gasteiger partial charge in [0.2, 0.25) is 0 Å². The summed E-state index contributed by atoms with van der Waals surface area (Å²) in [4.78, 5) is 11.8. The second-order valence-electron chi connectivity index (χ2n) is 4.46. The Kier molecular flexibility index (Phi) is 4.60. The Bertz CT molecular complexity index is 419. The molecule has 0 saturated carbocycles. The SMILES string of the molecule is CC(NC(=O)NC1CCOC1)c1cccc(Br)c1. The average molecular weight is 313 g/mol. The van der Waals surface area contributed by atoms with Crippen molar-refractivity contribution in [1.29, 1.82) is 0 Å². The molecule has 2 unspecified atom stereocenters. The van der Waals surface area contributed by atoms with Crippen molar-refractivity contribution in [2.75, 3.05) is 13.2 Å². The van der Waals surface area contributed by atoms with Crippen LogP contribution in [0.5, 0.6) is 0 Å². The molecule has 2 amide bonds. The number of ether oxygens (including phenoxy) is 1. The van der Waals surface area contributed by atoms with E-state index in [9.17, 15) is 4.79 Å². The van der Waals surface area contributed by atoms with Crippen LogP contribution in [0.4, 0.5) is 4.79 Å². The van der Waals surface area contributed by atoms with E-state index in [1.54, 1.807) is 0 Å². The van der Waals surface area contributed by atoms with Gasteiger partial charge in [0, 0.05) is 11.1 Å². The smallest absolute Gasteiger partial charge is 0.315 e. The number of nitrogens with one attached hydrogen (secondary N) is 2. The largest absolute Gasteiger partial charge is 0.379 e. The Hall–Kier alpha value is -1.07. The molecule has 0 aromatic heterocycles. The van der Waals surface area contributed by atoms with Gasteiger partial charge in [-0.1, -0.05) is 28.1 Å². The number of hydrogen-bond donors (Lipinski definition) is 2. The van der Waals surface area contributed by atoms with E-state index in [1.807, 2.05) is 31.2 Å². The zero-order valence-electron chi connectivity index (χ0n) is 10.3. The van der Waals surface area contributed by atoms with Gasteiger partial charge in [-0.2, -0.15) is 0 Å². The summed E-state index contributed by atoms with van der Waals surface area (Å²) in [7, 11) is 0. The van der Waals surface area contributed by atoms with Gasteiger partial charge in [0.05, 0.1) is 18.7 Å². The molecule has 5 heteroatoms. The van der Waals surface area contributed by atoms with Crippen molar-refractivity contribution in [3.63, 3.8) is 0 Å². The van der Waals surface area contributed by atoms with Gasteiger partial charge in [-0.15, -0.1) is 0 Å². The summed E-state index contributed by atoms with van der Waals surface area (Å²) in [5.41, 5.74) is 1.07. The van der Waals surface area contributed by atoms with Crippen molar-refractivity contribution in [1.82, 2.24) is 10.6 Å². The highest BCUT2D eigenvalue weighted by molar-refractivity contribution is 9.10. The van der Waals surface area contributed by atoms with Crippen molar-refractivity contribution in [2.45, 2.75) is 25.4 Å². The Morgan fingerprint density at radius 3 is 3.06 bits per heavy atom. The van der Waals surface area contributed by atoms with Crippen LogP contribution in [0.15, 0.2) is 28.7 Å². The quantitative estimate of drug-likeness (QED) is 0.901. The molecule has 1 fully saturated rings. The van der Waals surface area contributed by atoms with Crippen LogP contribution in [0.25, 0.3) is 0 Å². The average Bonchev–Trinajstić information content (AvgIpc) is 2.81. The van der Waals surface area contributed by atoms with Crippen LogP contribution in [0.3, 0.4) is 0 Å². The molecule has 0 bridgehead atoms. The molecule has 18 heavy (non-hydrogen) atoms. The van der Waals surface area contributed by atoms with Crippen molar-refractivity contribution in [3.8, 4) is 0 Å². The molecule has 1 aliphatic heterocycles. The van der Waals surface area contributed by atoms with Gasteiger partial charge >= 0.3 is 6.03 Å². The molecule has 0 aliphatic carbocycles. The fraction of sp³-hybridized carbons (Fsp3) is 0.462. The Labute approximate surface area is 115 Å². The first kappa shape index (κ1) is 13.4. The standard InChI is InChI=1S/C13H17BrN2O2/c1-9(10-3-2-4-11(14)7-10)15-13(17)16-12-5-6-18-8-12/h2-4,7,9,12H,5-6,8H2,1H3,(H2,15,16,17). The molecule has 1 heterocycles. The molecule has 0 radical (unpaired) electrons. The molecule has 1 aliphatic rings. The zero-order chi connectivity index (χ0) is 13.0. The van der Waals surface area contributed by atoms with Gasteiger partial charge in [0.15, 0.2) is 0 Å². The fourth-order valence-electron chi connectivity index (χ4n) is 1.93. The highest BCUT2D eigenvalue weighted by Gasteiger charge is 2.18. The Balaban J connectivity index is 1.86. The third kappa shape index (κ3) is 3.71. The lowest BCUT2D eigenvalue weighted by Crippen LogP contribution is -2.43. The third-order valence-corrected chi connectivity index (χ3v) is 3.45. The van der Waals surface area contributed by atoms with E-state index in [1.165, 1.54) is 0 Å². The Morgan fingerprint density at radius 2 is 2.39 bits per heavy atom. The van der Waals surface area contributed by atoms with Gasteiger partial charge in [-0.05, 0) is 31.0 Å². The first-order valence-corrected chi connectivity index (χ1v) is 6.84. The fourth-order valence-corrected chi connectivity index (χ4v) is 2.35. The molecule has 4 nitrogen and oxygen atoms in total. The summed E-state index contributed by atoms with van der Waals surface area (Å²) in [5.74, 6) is 0. The number of amides is 2. The maximum absolute atomic E-state index is 11.8. The second-order valence-corrected chi connectivity index (χ2v) is 5.37. The van der Waals surface area contributed by atoms with E-state index >= 15 is 0 Å². The van der Waals surface area contributed by atoms with Gasteiger partial charge in [-0.3, -0.25) is 0 Å². The third-order valence-electron chi connectivity index (χ3n) is 2.96. The maximum Gasteiger partial charge on any atom is 0.315 e. The van der Waals surface area contributed by atoms with Crippen LogP contribution in [0, 0.1) is 0 Å². The summed E-state index contributed by atoms with van der Waals surface area (Å²) in [5, 5.41) is 5.83. The number of carbonyl (C=O) groups is 1. The summed E-state index contributed by atoms with van der Waals surface area (Å²) in [6, 6.07) is 7.90. The molecular weight excluding hydrogens is 296 g/mol. The first-order chi connectivity index (χ1) is 8.65. The molecule has 2 N–H and O–H groups in total. The van der Waals surface area contributed by atoms with E-state index in [0.29, 0.717) is 6.61 Å². The summed E-state index contributed by atoms with van der Waals surface area (Å²) in [6.07, 6.45) is 0.888. The van der Waals surface area contributed by atoms with E-state index in [-0.39, 0.29) is 18.1 Å². The topological polar surface area (TPSA) is 50.4 Å². The van der Waals surface area contributed by atoms with Crippen LogP contribution in [0.2, 0.25) is 0 Å². The number of carbonyl (C=O) groups excluding carboxylic acids is 1. The molecule has 98 valence electrons. The zero-order valence-corrected chi connectivity index (χ0v) is 11.9. The predicted octanol–water partition coefficient (Wildman–Crippen LogP) is 2.60. The van der Waals surface area contributed by atoms with E-state index in [0.717, 1.165) is 23.1 Å². The highest BCUT2D eigenvalue weighted by Crippen LogP contribution is 2.17. The minimum absolute atomic E-state index is 0.0233. The van der Waals surface area contributed by atoms with Gasteiger partial charge < -0.3 is 15.4 Å². The predicted molar refractivity (Wildman–Crippen MR) is 73.4 cm³/mol. The van der Waals surface area contributed by atoms with E-state index < -0.39 is 0 Å². The normalized spacial score (nSPS) is 20.4. The number of benzene rings is 1. The molecule has 2 atom stereocenters. The van der Waals surface area contributed by atoms with Gasteiger partial charge in [0.25, 0.3) is 0 Å². The number of halogens is 1. The van der Waals surface area contributed by atoms with E-state index in [2.05, 4.69) is 26.6 Å². The minimum atomic E-state index is -0.141. The van der Waals surface area contributed by atoms with Crippen LogP contribution >= 0.6 is 15.9 Å². The lowest BCUT2D eigenvalue weighted by Gasteiger charge is -2.17. The monoisotopic (exact) mass is 312 g/mol. The van der Waals surface area contributed by atoms with Crippen molar-refractivity contribution in [2.24, 2.45) is 0 Å². The van der Waals surface area contributed by atoms with E-state index in [4.69, 9.17) is 4.74 Å². The van der Waals surface area contributed by atoms with Gasteiger partial charge in [-0.25, -0.2) is 4.79 Å². The molecule has 0 spiro atoms.